The highest BCUT2D eigenvalue weighted by Crippen LogP contribution is 2.47. The van der Waals surface area contributed by atoms with Gasteiger partial charge in [-0.15, -0.1) is 0 Å². The summed E-state index contributed by atoms with van der Waals surface area (Å²) in [6.45, 7) is -2.03. The number of non-ortho nitro benzene ring substituents is 1. The molecule has 0 unspecified atom stereocenters. The molecule has 4 atom stereocenters. The van der Waals surface area contributed by atoms with Crippen LogP contribution in [0, 0.1) is 21.8 Å². The second-order valence-corrected chi connectivity index (χ2v) is 5.96. The number of hydrogen-bond acceptors (Lipinski definition) is 6. The zero-order valence-electron chi connectivity index (χ0n) is 13.0. The van der Waals surface area contributed by atoms with Gasteiger partial charge < -0.3 is 15.2 Å². The van der Waals surface area contributed by atoms with Crippen molar-refractivity contribution in [3.05, 3.63) is 39.7 Å². The van der Waals surface area contributed by atoms with E-state index in [1.54, 1.807) is 0 Å². The van der Waals surface area contributed by atoms with Gasteiger partial charge in [0.1, 0.15) is 30.8 Å². The Bertz CT molecular complexity index is 717. The zero-order valence-corrected chi connectivity index (χ0v) is 13.0. The molecular weight excluding hydrogens is 343 g/mol. The topological polar surface area (TPSA) is 100.0 Å². The van der Waals surface area contributed by atoms with E-state index in [2.05, 4.69) is 4.99 Å². The summed E-state index contributed by atoms with van der Waals surface area (Å²) >= 11 is 0. The Balaban J connectivity index is 2.22. The number of fused-ring (bicyclic) bond motifs is 1. The molecule has 0 saturated carbocycles. The Morgan fingerprint density at radius 2 is 2.20 bits per heavy atom. The van der Waals surface area contributed by atoms with Crippen molar-refractivity contribution in [1.82, 2.24) is 0 Å². The van der Waals surface area contributed by atoms with E-state index < -0.39 is 53.4 Å². The van der Waals surface area contributed by atoms with Crippen LogP contribution in [0.1, 0.15) is 12.0 Å². The molecule has 0 amide bonds. The number of aliphatic imine (C=N–C) groups is 1. The van der Waals surface area contributed by atoms with E-state index in [4.69, 9.17) is 15.2 Å². The maximum absolute atomic E-state index is 14.5. The molecule has 2 aliphatic heterocycles. The summed E-state index contributed by atoms with van der Waals surface area (Å²) in [4.78, 5) is 14.2. The molecule has 2 heterocycles. The van der Waals surface area contributed by atoms with Gasteiger partial charge in [-0.2, -0.15) is 0 Å². The first-order chi connectivity index (χ1) is 11.9. The van der Waals surface area contributed by atoms with Crippen LogP contribution in [0.25, 0.3) is 0 Å². The number of ether oxygens (including phenoxy) is 2. The quantitative estimate of drug-likeness (QED) is 0.655. The monoisotopic (exact) mass is 359 g/mol. The highest BCUT2D eigenvalue weighted by Gasteiger charge is 2.56. The highest BCUT2D eigenvalue weighted by atomic mass is 19.1. The molecule has 7 nitrogen and oxygen atoms in total. The van der Waals surface area contributed by atoms with Crippen LogP contribution in [0.4, 0.5) is 18.9 Å². The van der Waals surface area contributed by atoms with Gasteiger partial charge in [0.05, 0.1) is 23.6 Å². The second kappa shape index (κ2) is 6.51. The summed E-state index contributed by atoms with van der Waals surface area (Å²) in [6.07, 6.45) is -1.54. The van der Waals surface area contributed by atoms with Crippen molar-refractivity contribution in [2.24, 2.45) is 16.6 Å². The molecule has 25 heavy (non-hydrogen) atoms. The van der Waals surface area contributed by atoms with Crippen LogP contribution in [-0.2, 0) is 15.0 Å². The third kappa shape index (κ3) is 2.80. The normalized spacial score (nSPS) is 31.6. The van der Waals surface area contributed by atoms with Gasteiger partial charge in [-0.3, -0.25) is 10.1 Å². The van der Waals surface area contributed by atoms with Gasteiger partial charge in [-0.05, 0) is 6.07 Å². The van der Waals surface area contributed by atoms with Gasteiger partial charge >= 0.3 is 0 Å². The van der Waals surface area contributed by atoms with Gasteiger partial charge in [-0.1, -0.05) is 0 Å². The number of alkyl halides is 2. The third-order valence-corrected chi connectivity index (χ3v) is 4.65. The van der Waals surface area contributed by atoms with Gasteiger partial charge in [0.25, 0.3) is 11.7 Å². The summed E-state index contributed by atoms with van der Waals surface area (Å²) in [5.74, 6) is -1.91. The van der Waals surface area contributed by atoms with E-state index in [0.29, 0.717) is 0 Å². The third-order valence-electron chi connectivity index (χ3n) is 4.65. The first-order valence-electron chi connectivity index (χ1n) is 7.63. The maximum Gasteiger partial charge on any atom is 0.283 e. The molecule has 3 rings (SSSR count). The van der Waals surface area contributed by atoms with E-state index in [1.807, 2.05) is 0 Å². The van der Waals surface area contributed by atoms with E-state index in [9.17, 15) is 23.3 Å². The summed E-state index contributed by atoms with van der Waals surface area (Å²) in [5, 5.41) is 11.0. The van der Waals surface area contributed by atoms with E-state index in [-0.39, 0.29) is 24.6 Å². The van der Waals surface area contributed by atoms with Crippen LogP contribution in [0.5, 0.6) is 0 Å². The van der Waals surface area contributed by atoms with Crippen LogP contribution in [-0.4, -0.2) is 43.1 Å². The van der Waals surface area contributed by atoms with Gasteiger partial charge in [-0.25, -0.2) is 18.2 Å². The Morgan fingerprint density at radius 1 is 1.44 bits per heavy atom. The molecule has 0 aromatic heterocycles. The van der Waals surface area contributed by atoms with Crippen molar-refractivity contribution >= 4 is 11.7 Å². The maximum atomic E-state index is 14.5. The summed E-state index contributed by atoms with van der Waals surface area (Å²) in [6, 6.07) is 2.34. The fourth-order valence-corrected chi connectivity index (χ4v) is 3.59. The minimum atomic E-state index is -1.96. The molecule has 1 saturated heterocycles. The zero-order chi connectivity index (χ0) is 18.2. The Labute approximate surface area is 140 Å². The van der Waals surface area contributed by atoms with E-state index >= 15 is 0 Å². The summed E-state index contributed by atoms with van der Waals surface area (Å²) < 4.78 is 52.9. The van der Waals surface area contributed by atoms with Crippen molar-refractivity contribution in [3.63, 3.8) is 0 Å². The van der Waals surface area contributed by atoms with Crippen molar-refractivity contribution in [2.75, 3.05) is 20.0 Å². The van der Waals surface area contributed by atoms with Gasteiger partial charge in [0.2, 0.25) is 0 Å². The molecule has 1 fully saturated rings. The van der Waals surface area contributed by atoms with Gasteiger partial charge in [0, 0.05) is 24.1 Å². The number of nitro groups is 1. The Kier molecular flexibility index (Phi) is 4.55. The molecule has 136 valence electrons. The number of benzene rings is 1. The molecule has 0 spiro atoms. The fourth-order valence-electron chi connectivity index (χ4n) is 3.59. The van der Waals surface area contributed by atoms with Crippen LogP contribution in [0.15, 0.2) is 23.2 Å². The van der Waals surface area contributed by atoms with Crippen molar-refractivity contribution in [2.45, 2.75) is 24.2 Å². The predicted octanol–water partition coefficient (Wildman–Crippen LogP) is 1.99. The molecule has 2 aliphatic rings. The molecule has 0 radical (unpaired) electrons. The second-order valence-electron chi connectivity index (χ2n) is 5.96. The number of nitro benzene ring substituents is 1. The van der Waals surface area contributed by atoms with Crippen molar-refractivity contribution < 1.29 is 27.6 Å². The lowest BCUT2D eigenvalue weighted by Crippen LogP contribution is -2.58. The number of nitrogens with two attached hydrogens (primary N) is 1. The SMILES string of the molecule is NC1=N[C@](CF)(c2cc([N+](=O)[O-])ccc2F)[C@H]2[C@H](CF)OCC[C@H]2O1. The number of amidine groups is 1. The number of rotatable bonds is 4. The minimum Gasteiger partial charge on any atom is -0.462 e. The van der Waals surface area contributed by atoms with E-state index in [1.165, 1.54) is 0 Å². The summed E-state index contributed by atoms with van der Waals surface area (Å²) in [7, 11) is 0. The van der Waals surface area contributed by atoms with Crippen LogP contribution in [0.2, 0.25) is 0 Å². The van der Waals surface area contributed by atoms with Crippen LogP contribution < -0.4 is 5.73 Å². The van der Waals surface area contributed by atoms with Crippen molar-refractivity contribution in [3.8, 4) is 0 Å². The molecule has 2 N–H and O–H groups in total. The minimum absolute atomic E-state index is 0.169. The number of halogens is 3. The predicted molar refractivity (Wildman–Crippen MR) is 81.0 cm³/mol. The smallest absolute Gasteiger partial charge is 0.283 e. The molecule has 0 aliphatic carbocycles. The Morgan fingerprint density at radius 3 is 2.84 bits per heavy atom. The van der Waals surface area contributed by atoms with Crippen molar-refractivity contribution in [1.29, 1.82) is 0 Å². The average Bonchev–Trinajstić information content (AvgIpc) is 2.60. The standard InChI is InChI=1S/C15H16F3N3O4/c16-6-12-13-11(3-4-24-12)25-14(19)20-15(13,7-17)9-5-8(21(22)23)1-2-10(9)18/h1-2,5,11-13H,3-4,6-7H2,(H2,19,20)/t11-,12+,13-,15-/m1/s1. The largest absolute Gasteiger partial charge is 0.462 e. The lowest BCUT2D eigenvalue weighted by Gasteiger charge is -2.48. The molecular formula is C15H16F3N3O4. The molecule has 0 bridgehead atoms. The van der Waals surface area contributed by atoms with Crippen LogP contribution >= 0.6 is 0 Å². The molecule has 1 aromatic rings. The lowest BCUT2D eigenvalue weighted by atomic mass is 9.71. The Hall–Kier alpha value is -2.36. The van der Waals surface area contributed by atoms with Gasteiger partial charge in [0.15, 0.2) is 0 Å². The summed E-state index contributed by atoms with van der Waals surface area (Å²) in [5.41, 5.74) is 2.88. The van der Waals surface area contributed by atoms with E-state index in [0.717, 1.165) is 18.2 Å². The number of hydrogen-bond donors (Lipinski definition) is 1. The average molecular weight is 359 g/mol. The van der Waals surface area contributed by atoms with Crippen LogP contribution in [0.3, 0.4) is 0 Å². The fraction of sp³-hybridized carbons (Fsp3) is 0.533. The number of nitrogens with zero attached hydrogens (tertiary/aromatic N) is 2. The molecule has 10 heteroatoms. The first-order valence-corrected chi connectivity index (χ1v) is 7.63. The highest BCUT2D eigenvalue weighted by molar-refractivity contribution is 5.73. The lowest BCUT2D eigenvalue weighted by molar-refractivity contribution is -0.385. The molecule has 1 aromatic carbocycles. The first kappa shape index (κ1) is 17.5.